The lowest BCUT2D eigenvalue weighted by atomic mass is 10.1. The van der Waals surface area contributed by atoms with Crippen molar-refractivity contribution >= 4 is 51.6 Å². The van der Waals surface area contributed by atoms with Gasteiger partial charge in [-0.3, -0.25) is 9.47 Å². The minimum atomic E-state index is -2.58. The van der Waals surface area contributed by atoms with Gasteiger partial charge >= 0.3 is 12.1 Å². The van der Waals surface area contributed by atoms with E-state index in [0.717, 1.165) is 0 Å². The largest absolute Gasteiger partial charge is 0.458 e. The van der Waals surface area contributed by atoms with Crippen molar-refractivity contribution in [2.75, 3.05) is 32.0 Å². The molecule has 0 spiro atoms. The molecule has 0 saturated carbocycles. The number of carbonyl (C=O) groups excluding carboxylic acids is 2. The maximum absolute atomic E-state index is 13.4. The van der Waals surface area contributed by atoms with Gasteiger partial charge in [0, 0.05) is 24.5 Å². The Morgan fingerprint density at radius 1 is 0.965 bits per heavy atom. The number of aromatic nitrogens is 4. The SMILES string of the molecule is CC(C)(C)OC(=O)N[C@H](CCN(CCO)C[C@H]1O[C@@H](n2c(N=[N+]=[N-])nc3c(N)ncnc32)[C@@H](O[Si](C)(C)C(C)(C)C)C1O[Si](C)(C)C(C)(C)C)C(=O)OC(C)(C)C. The topological polar surface area (TPSA) is 234 Å². The van der Waals surface area contributed by atoms with Gasteiger partial charge in [-0.15, -0.1) is 0 Å². The first-order chi connectivity index (χ1) is 25.9. The fourth-order valence-corrected chi connectivity index (χ4v) is 8.30. The van der Waals surface area contributed by atoms with E-state index in [4.69, 9.17) is 28.8 Å². The molecule has 3 rings (SSSR count). The molecule has 1 aliphatic heterocycles. The van der Waals surface area contributed by atoms with Crippen LogP contribution in [0, 0.1) is 0 Å². The summed E-state index contributed by atoms with van der Waals surface area (Å²) in [6, 6.07) is -1.06. The maximum atomic E-state index is 13.4. The molecule has 0 aromatic carbocycles. The highest BCUT2D eigenvalue weighted by Crippen LogP contribution is 2.47. The third-order valence-electron chi connectivity index (χ3n) is 10.6. The van der Waals surface area contributed by atoms with Crippen LogP contribution < -0.4 is 11.1 Å². The first-order valence-corrected chi connectivity index (χ1v) is 25.3. The Labute approximate surface area is 339 Å². The number of anilines is 1. The highest BCUT2D eigenvalue weighted by molar-refractivity contribution is 6.74. The summed E-state index contributed by atoms with van der Waals surface area (Å²) in [5, 5.41) is 16.5. The summed E-state index contributed by atoms with van der Waals surface area (Å²) in [7, 11) is -5.13. The molecule has 1 saturated heterocycles. The Bertz CT molecular complexity index is 1760. The Morgan fingerprint density at radius 3 is 2.04 bits per heavy atom. The summed E-state index contributed by atoms with van der Waals surface area (Å²) < 4.78 is 34.4. The number of nitrogens with one attached hydrogen (secondary N) is 1. The van der Waals surface area contributed by atoms with Crippen molar-refractivity contribution in [1.29, 1.82) is 0 Å². The number of carbonyl (C=O) groups is 2. The highest BCUT2D eigenvalue weighted by atomic mass is 28.4. The zero-order valence-corrected chi connectivity index (χ0v) is 39.0. The third kappa shape index (κ3) is 12.6. The van der Waals surface area contributed by atoms with Gasteiger partial charge in [-0.1, -0.05) is 41.5 Å². The number of hydrogen-bond donors (Lipinski definition) is 3. The van der Waals surface area contributed by atoms with Crippen LogP contribution >= 0.6 is 0 Å². The summed E-state index contributed by atoms with van der Waals surface area (Å²) in [6.07, 6.45) is -2.35. The lowest BCUT2D eigenvalue weighted by Gasteiger charge is -2.44. The van der Waals surface area contributed by atoms with Crippen LogP contribution in [-0.2, 0) is 27.9 Å². The van der Waals surface area contributed by atoms with Gasteiger partial charge in [0.25, 0.3) is 0 Å². The van der Waals surface area contributed by atoms with Crippen molar-refractivity contribution in [1.82, 2.24) is 29.7 Å². The second kappa shape index (κ2) is 17.9. The number of alkyl carbamates (subject to hydrolysis) is 1. The van der Waals surface area contributed by atoms with Crippen molar-refractivity contribution in [3.05, 3.63) is 16.8 Å². The number of hydrogen-bond acceptors (Lipinski definition) is 14. The Balaban J connectivity index is 2.18. The molecule has 4 N–H and O–H groups in total. The zero-order valence-electron chi connectivity index (χ0n) is 37.0. The molecule has 1 unspecified atom stereocenters. The number of imidazole rings is 1. The fourth-order valence-electron chi connectivity index (χ4n) is 5.70. The van der Waals surface area contributed by atoms with E-state index in [9.17, 15) is 20.2 Å². The molecular weight excluding hydrogens is 769 g/mol. The number of aliphatic hydroxyl groups excluding tert-OH is 1. The van der Waals surface area contributed by atoms with Gasteiger partial charge < -0.3 is 39.2 Å². The number of ether oxygens (including phenoxy) is 3. The second-order valence-corrected chi connectivity index (χ2v) is 29.2. The van der Waals surface area contributed by atoms with Crippen LogP contribution in [0.1, 0.15) is 95.7 Å². The molecule has 5 atom stereocenters. The average molecular weight is 837 g/mol. The summed E-state index contributed by atoms with van der Waals surface area (Å²) in [4.78, 5) is 44.5. The number of esters is 1. The fraction of sp³-hybridized carbons (Fsp3) is 0.811. The van der Waals surface area contributed by atoms with Crippen molar-refractivity contribution in [2.24, 2.45) is 5.11 Å². The summed E-state index contributed by atoms with van der Waals surface area (Å²) in [6.45, 7) is 32.5. The van der Waals surface area contributed by atoms with Crippen LogP contribution in [0.5, 0.6) is 0 Å². The van der Waals surface area contributed by atoms with Crippen LogP contribution in [0.2, 0.25) is 36.3 Å². The molecule has 322 valence electrons. The molecule has 1 aliphatic rings. The van der Waals surface area contributed by atoms with Crippen LogP contribution in [0.3, 0.4) is 0 Å². The predicted molar refractivity (Wildman–Crippen MR) is 224 cm³/mol. The van der Waals surface area contributed by atoms with Gasteiger partial charge in [0.15, 0.2) is 39.8 Å². The summed E-state index contributed by atoms with van der Waals surface area (Å²) in [5.41, 5.74) is 14.8. The quantitative estimate of drug-likeness (QED) is 0.0542. The van der Waals surface area contributed by atoms with E-state index in [-0.39, 0.29) is 60.0 Å². The molecule has 57 heavy (non-hydrogen) atoms. The van der Waals surface area contributed by atoms with E-state index in [0.29, 0.717) is 5.65 Å². The van der Waals surface area contributed by atoms with Crippen molar-refractivity contribution in [2.45, 2.75) is 168 Å². The second-order valence-electron chi connectivity index (χ2n) is 19.7. The molecule has 0 bridgehead atoms. The Morgan fingerprint density at radius 2 is 1.53 bits per heavy atom. The first-order valence-electron chi connectivity index (χ1n) is 19.5. The van der Waals surface area contributed by atoms with Crippen molar-refractivity contribution in [3.8, 4) is 0 Å². The number of nitrogen functional groups attached to an aromatic ring is 1. The number of nitrogens with zero attached hydrogens (tertiary/aromatic N) is 8. The van der Waals surface area contributed by atoms with E-state index >= 15 is 0 Å². The zero-order chi connectivity index (χ0) is 43.5. The normalized spacial score (nSPS) is 20.4. The standard InChI is InChI=1S/C37H68N10O8Si2/c1-34(2,3)52-31(49)23(42-33(50)53-35(4,5)6)17-18-46(19-20-48)21-24-26(54-56(13,14)36(7,8)9)27(55-57(15,16)37(10,11)12)30(51-24)47-29-25(28(38)40-22-41-29)43-32(47)44-45-39/h22-24,26-27,30,48H,17-21H2,1-16H3,(H,42,50)(H2,38,40,41)/t23-,24-,26?,27+,30-/m1/s1. The Hall–Kier alpha value is -3.37. The number of azide groups is 1. The number of nitrogens with two attached hydrogens (primary N) is 1. The van der Waals surface area contributed by atoms with E-state index in [1.807, 2.05) is 4.90 Å². The van der Waals surface area contributed by atoms with Crippen molar-refractivity contribution in [3.63, 3.8) is 0 Å². The number of rotatable bonds is 15. The van der Waals surface area contributed by atoms with Crippen LogP contribution in [0.25, 0.3) is 21.6 Å². The van der Waals surface area contributed by atoms with Gasteiger partial charge in [-0.25, -0.2) is 24.5 Å². The van der Waals surface area contributed by atoms with Gasteiger partial charge in [-0.2, -0.15) is 0 Å². The molecular formula is C37H68N10O8Si2. The molecule has 2 aromatic rings. The monoisotopic (exact) mass is 836 g/mol. The van der Waals surface area contributed by atoms with Gasteiger partial charge in [0.05, 0.1) is 6.61 Å². The smallest absolute Gasteiger partial charge is 0.408 e. The van der Waals surface area contributed by atoms with Crippen molar-refractivity contribution < 1.29 is 37.8 Å². The van der Waals surface area contributed by atoms with E-state index in [1.165, 1.54) is 6.33 Å². The predicted octanol–water partition coefficient (Wildman–Crippen LogP) is 6.95. The average Bonchev–Trinajstić information content (AvgIpc) is 3.53. The van der Waals surface area contributed by atoms with Crippen LogP contribution in [0.15, 0.2) is 11.4 Å². The first kappa shape index (κ1) is 48.0. The minimum absolute atomic E-state index is 0.0270. The molecule has 0 aliphatic carbocycles. The molecule has 2 aromatic heterocycles. The van der Waals surface area contributed by atoms with Gasteiger partial charge in [-0.05, 0) is 94.9 Å². The lowest BCUT2D eigenvalue weighted by molar-refractivity contribution is -0.157. The molecule has 3 heterocycles. The number of amides is 1. The minimum Gasteiger partial charge on any atom is -0.458 e. The number of fused-ring (bicyclic) bond motifs is 1. The van der Waals surface area contributed by atoms with Crippen LogP contribution in [0.4, 0.5) is 16.6 Å². The summed E-state index contributed by atoms with van der Waals surface area (Å²) >= 11 is 0. The van der Waals surface area contributed by atoms with E-state index < -0.39 is 70.5 Å². The maximum Gasteiger partial charge on any atom is 0.408 e. The summed E-state index contributed by atoms with van der Waals surface area (Å²) in [5.74, 6) is -0.538. The molecule has 1 fully saturated rings. The highest BCUT2D eigenvalue weighted by Gasteiger charge is 2.55. The van der Waals surface area contributed by atoms with Crippen LogP contribution in [-0.4, -0.2) is 120 Å². The molecule has 0 radical (unpaired) electrons. The third-order valence-corrected chi connectivity index (χ3v) is 19.6. The van der Waals surface area contributed by atoms with Gasteiger partial charge in [0.2, 0.25) is 5.95 Å². The Kier molecular flexibility index (Phi) is 15.0. The lowest BCUT2D eigenvalue weighted by Crippen LogP contribution is -2.55. The molecule has 1 amide bonds. The van der Waals surface area contributed by atoms with E-state index in [2.05, 4.69) is 98.0 Å². The van der Waals surface area contributed by atoms with E-state index in [1.54, 1.807) is 46.1 Å². The number of aliphatic hydroxyl groups is 1. The molecule has 20 heteroatoms. The van der Waals surface area contributed by atoms with Gasteiger partial charge in [0.1, 0.15) is 41.9 Å². The molecule has 18 nitrogen and oxygen atoms in total.